The average molecular weight is 350 g/mol. The Morgan fingerprint density at radius 3 is 2.68 bits per heavy atom. The smallest absolute Gasteiger partial charge is 0.296 e. The van der Waals surface area contributed by atoms with E-state index in [4.69, 9.17) is 0 Å². The van der Waals surface area contributed by atoms with Crippen molar-refractivity contribution in [2.24, 2.45) is 0 Å². The van der Waals surface area contributed by atoms with Crippen LogP contribution in [0.1, 0.15) is 5.56 Å². The fraction of sp³-hybridized carbons (Fsp3) is 0.0556. The number of nitrogens with one attached hydrogen (secondary N) is 1. The number of hydrogen-bond acceptors (Lipinski definition) is 4. The second-order valence-corrected chi connectivity index (χ2v) is 7.01. The number of H-pyrrole nitrogens is 1. The molecule has 0 saturated carbocycles. The largest absolute Gasteiger partial charge is 0.349 e. The summed E-state index contributed by atoms with van der Waals surface area (Å²) in [6.45, 7) is 1.92. The Hall–Kier alpha value is -3.06. The third-order valence-corrected chi connectivity index (χ3v) is 5.51. The van der Waals surface area contributed by atoms with Crippen molar-refractivity contribution in [3.05, 3.63) is 77.1 Å². The predicted molar refractivity (Wildman–Crippen MR) is 94.9 cm³/mol. The van der Waals surface area contributed by atoms with Crippen LogP contribution in [0.4, 0.5) is 0 Å². The molecule has 1 N–H and O–H groups in total. The van der Waals surface area contributed by atoms with Crippen LogP contribution in [0, 0.1) is 6.92 Å². The van der Waals surface area contributed by atoms with Gasteiger partial charge in [0.15, 0.2) is 5.65 Å². The number of rotatable bonds is 3. The summed E-state index contributed by atoms with van der Waals surface area (Å²) in [5.41, 5.74) is 2.68. The lowest BCUT2D eigenvalue weighted by molar-refractivity contribution is 0.682. The summed E-state index contributed by atoms with van der Waals surface area (Å²) in [6, 6.07) is 15.0. The molecule has 1 atom stereocenters. The van der Waals surface area contributed by atoms with Gasteiger partial charge in [-0.1, -0.05) is 30.3 Å². The van der Waals surface area contributed by atoms with Crippen LogP contribution in [-0.4, -0.2) is 23.8 Å². The van der Waals surface area contributed by atoms with Crippen LogP contribution in [0.15, 0.2) is 75.6 Å². The van der Waals surface area contributed by atoms with Gasteiger partial charge in [0.1, 0.15) is 0 Å². The molecule has 2 aromatic carbocycles. The van der Waals surface area contributed by atoms with Crippen LogP contribution >= 0.6 is 0 Å². The van der Waals surface area contributed by atoms with E-state index in [0.29, 0.717) is 5.65 Å². The fourth-order valence-electron chi connectivity index (χ4n) is 2.72. The molecule has 0 bridgehead atoms. The van der Waals surface area contributed by atoms with E-state index in [1.54, 1.807) is 6.20 Å². The Balaban J connectivity index is 1.78. The van der Waals surface area contributed by atoms with Gasteiger partial charge >= 0.3 is 5.69 Å². The quantitative estimate of drug-likeness (QED) is 0.616. The van der Waals surface area contributed by atoms with Gasteiger partial charge in [-0.25, -0.2) is 14.0 Å². The second kappa shape index (κ2) is 6.10. The number of aromatic amines is 1. The maximum absolute atomic E-state index is 12.8. The zero-order valence-corrected chi connectivity index (χ0v) is 14.2. The summed E-state index contributed by atoms with van der Waals surface area (Å²) in [7, 11) is -1.24. The maximum Gasteiger partial charge on any atom is 0.349 e. The summed E-state index contributed by atoms with van der Waals surface area (Å²) < 4.78 is 14.0. The SMILES string of the molecule is Cc1cc(-c2cnn3c(=O)[nH]cnc23)ccc1S(=O)c1ccccc1. The highest BCUT2D eigenvalue weighted by molar-refractivity contribution is 7.85. The Labute approximate surface area is 145 Å². The highest BCUT2D eigenvalue weighted by atomic mass is 32.2. The third-order valence-electron chi connectivity index (χ3n) is 3.95. The van der Waals surface area contributed by atoms with Gasteiger partial charge in [0.05, 0.1) is 23.3 Å². The molecule has 1 unspecified atom stereocenters. The Morgan fingerprint density at radius 1 is 1.12 bits per heavy atom. The molecule has 0 fully saturated rings. The van der Waals surface area contributed by atoms with Gasteiger partial charge in [0.25, 0.3) is 0 Å². The van der Waals surface area contributed by atoms with Crippen molar-refractivity contribution >= 4 is 16.4 Å². The van der Waals surface area contributed by atoms with Crippen molar-refractivity contribution in [3.63, 3.8) is 0 Å². The fourth-order valence-corrected chi connectivity index (χ4v) is 3.93. The number of benzene rings is 2. The Bertz CT molecular complexity index is 1150. The van der Waals surface area contributed by atoms with Crippen molar-refractivity contribution < 1.29 is 4.21 Å². The first-order valence-electron chi connectivity index (χ1n) is 7.64. The van der Waals surface area contributed by atoms with Crippen LogP contribution in [0.3, 0.4) is 0 Å². The molecular formula is C18H14N4O2S. The van der Waals surface area contributed by atoms with Gasteiger partial charge < -0.3 is 0 Å². The normalized spacial score (nSPS) is 12.4. The molecule has 124 valence electrons. The number of nitrogens with zero attached hydrogens (tertiary/aromatic N) is 3. The van der Waals surface area contributed by atoms with E-state index in [1.807, 2.05) is 55.5 Å². The Morgan fingerprint density at radius 2 is 1.92 bits per heavy atom. The van der Waals surface area contributed by atoms with Gasteiger partial charge in [-0.3, -0.25) is 4.98 Å². The zero-order valence-electron chi connectivity index (χ0n) is 13.3. The maximum atomic E-state index is 12.8. The van der Waals surface area contributed by atoms with Crippen molar-refractivity contribution in [1.82, 2.24) is 19.6 Å². The molecule has 6 nitrogen and oxygen atoms in total. The molecule has 0 spiro atoms. The van der Waals surface area contributed by atoms with Crippen molar-refractivity contribution in [1.29, 1.82) is 0 Å². The van der Waals surface area contributed by atoms with E-state index < -0.39 is 10.8 Å². The topological polar surface area (TPSA) is 80.1 Å². The molecule has 0 aliphatic carbocycles. The molecule has 0 saturated heterocycles. The van der Waals surface area contributed by atoms with Gasteiger partial charge in [0, 0.05) is 15.4 Å². The van der Waals surface area contributed by atoms with Gasteiger partial charge in [0.2, 0.25) is 0 Å². The summed E-state index contributed by atoms with van der Waals surface area (Å²) in [5.74, 6) is 0. The summed E-state index contributed by atoms with van der Waals surface area (Å²) in [6.07, 6.45) is 2.97. The van der Waals surface area contributed by atoms with Crippen LogP contribution in [0.2, 0.25) is 0 Å². The molecule has 2 heterocycles. The van der Waals surface area contributed by atoms with E-state index in [-0.39, 0.29) is 5.69 Å². The first kappa shape index (κ1) is 15.5. The molecule has 0 aliphatic heterocycles. The van der Waals surface area contributed by atoms with Crippen LogP contribution in [-0.2, 0) is 10.8 Å². The average Bonchev–Trinajstić information content (AvgIpc) is 3.07. The second-order valence-electron chi connectivity index (χ2n) is 5.56. The zero-order chi connectivity index (χ0) is 17.4. The first-order valence-corrected chi connectivity index (χ1v) is 8.79. The molecule has 7 heteroatoms. The lowest BCUT2D eigenvalue weighted by Crippen LogP contribution is -2.17. The molecule has 0 aliphatic rings. The summed E-state index contributed by atoms with van der Waals surface area (Å²) in [5, 5.41) is 4.08. The van der Waals surface area contributed by atoms with Crippen LogP contribution < -0.4 is 5.69 Å². The van der Waals surface area contributed by atoms with Crippen molar-refractivity contribution in [3.8, 4) is 11.1 Å². The van der Waals surface area contributed by atoms with Crippen LogP contribution in [0.25, 0.3) is 16.8 Å². The van der Waals surface area contributed by atoms with Crippen molar-refractivity contribution in [2.45, 2.75) is 16.7 Å². The summed E-state index contributed by atoms with van der Waals surface area (Å²) in [4.78, 5) is 20.0. The third kappa shape index (κ3) is 2.68. The first-order chi connectivity index (χ1) is 12.1. The minimum atomic E-state index is -1.24. The monoisotopic (exact) mass is 350 g/mol. The van der Waals surface area contributed by atoms with E-state index >= 15 is 0 Å². The van der Waals surface area contributed by atoms with E-state index in [9.17, 15) is 9.00 Å². The lowest BCUT2D eigenvalue weighted by Gasteiger charge is -2.08. The molecule has 2 aromatic heterocycles. The van der Waals surface area contributed by atoms with E-state index in [2.05, 4.69) is 15.1 Å². The van der Waals surface area contributed by atoms with Gasteiger partial charge in [-0.05, 0) is 36.2 Å². The number of aryl methyl sites for hydroxylation is 1. The van der Waals surface area contributed by atoms with Gasteiger partial charge in [-0.2, -0.15) is 9.61 Å². The van der Waals surface area contributed by atoms with Crippen molar-refractivity contribution in [2.75, 3.05) is 0 Å². The Kier molecular flexibility index (Phi) is 3.77. The summed E-state index contributed by atoms with van der Waals surface area (Å²) >= 11 is 0. The van der Waals surface area contributed by atoms with Crippen LogP contribution in [0.5, 0.6) is 0 Å². The number of hydrogen-bond donors (Lipinski definition) is 1. The van der Waals surface area contributed by atoms with E-state index in [1.165, 1.54) is 10.8 Å². The standard InChI is InChI=1S/C18H14N4O2S/c1-12-9-13(15-10-21-22-17(15)19-11-20-18(22)23)7-8-16(12)25(24)14-5-3-2-4-6-14/h2-11H,1H3,(H,19,20,23). The minimum absolute atomic E-state index is 0.338. The minimum Gasteiger partial charge on any atom is -0.296 e. The molecule has 25 heavy (non-hydrogen) atoms. The highest BCUT2D eigenvalue weighted by Gasteiger charge is 2.14. The lowest BCUT2D eigenvalue weighted by atomic mass is 10.1. The highest BCUT2D eigenvalue weighted by Crippen LogP contribution is 2.27. The number of fused-ring (bicyclic) bond motifs is 1. The molecular weight excluding hydrogens is 336 g/mol. The molecule has 0 amide bonds. The van der Waals surface area contributed by atoms with Gasteiger partial charge in [-0.15, -0.1) is 0 Å². The number of aromatic nitrogens is 4. The predicted octanol–water partition coefficient (Wildman–Crippen LogP) is 2.56. The molecule has 4 aromatic rings. The molecule has 0 radical (unpaired) electrons. The van der Waals surface area contributed by atoms with E-state index in [0.717, 1.165) is 26.5 Å². The molecule has 4 rings (SSSR count).